The Morgan fingerprint density at radius 3 is 2.23 bits per heavy atom. The van der Waals surface area contributed by atoms with Crippen LogP contribution in [0, 0.1) is 13.8 Å². The first-order valence-corrected chi connectivity index (χ1v) is 9.68. The van der Waals surface area contributed by atoms with Crippen LogP contribution in [0.2, 0.25) is 0 Å². The van der Waals surface area contributed by atoms with Gasteiger partial charge in [-0.3, -0.25) is 9.48 Å². The monoisotopic (exact) mass is 414 g/mol. The summed E-state index contributed by atoms with van der Waals surface area (Å²) in [5, 5.41) is 13.6. The quantitative estimate of drug-likeness (QED) is 0.438. The van der Waals surface area contributed by atoms with Crippen LogP contribution in [0.5, 0.6) is 0 Å². The number of aryl methyl sites for hydroxylation is 2. The van der Waals surface area contributed by atoms with Gasteiger partial charge in [-0.25, -0.2) is 15.0 Å². The Morgan fingerprint density at radius 1 is 0.871 bits per heavy atom. The van der Waals surface area contributed by atoms with Gasteiger partial charge < -0.3 is 16.0 Å². The lowest BCUT2D eigenvalue weighted by Crippen LogP contribution is -2.14. The van der Waals surface area contributed by atoms with Gasteiger partial charge in [0.05, 0.1) is 11.3 Å². The van der Waals surface area contributed by atoms with Crippen molar-refractivity contribution in [3.05, 3.63) is 78.0 Å². The van der Waals surface area contributed by atoms with E-state index in [-0.39, 0.29) is 5.91 Å². The number of anilines is 5. The van der Waals surface area contributed by atoms with E-state index in [2.05, 4.69) is 36.0 Å². The van der Waals surface area contributed by atoms with E-state index in [0.717, 1.165) is 11.4 Å². The molecule has 3 aromatic heterocycles. The second-order valence-electron chi connectivity index (χ2n) is 6.95. The first-order chi connectivity index (χ1) is 15.0. The normalized spacial score (nSPS) is 10.5. The van der Waals surface area contributed by atoms with Crippen LogP contribution in [0.15, 0.2) is 61.1 Å². The van der Waals surface area contributed by atoms with Gasteiger partial charge in [-0.15, -0.1) is 0 Å². The van der Waals surface area contributed by atoms with Gasteiger partial charge >= 0.3 is 0 Å². The molecule has 9 heteroatoms. The van der Waals surface area contributed by atoms with Crippen molar-refractivity contribution < 1.29 is 4.79 Å². The van der Waals surface area contributed by atoms with E-state index in [4.69, 9.17) is 0 Å². The van der Waals surface area contributed by atoms with E-state index in [0.29, 0.717) is 34.4 Å². The summed E-state index contributed by atoms with van der Waals surface area (Å²) in [6, 6.07) is 14.8. The minimum Gasteiger partial charge on any atom is -0.340 e. The molecule has 0 aliphatic rings. The average molecular weight is 414 g/mol. The molecule has 0 radical (unpaired) electrons. The molecule has 4 aromatic rings. The van der Waals surface area contributed by atoms with Crippen LogP contribution in [0.25, 0.3) is 0 Å². The lowest BCUT2D eigenvalue weighted by Gasteiger charge is -2.10. The molecule has 1 aromatic carbocycles. The molecule has 3 N–H and O–H groups in total. The molecule has 0 atom stereocenters. The Labute approximate surface area is 179 Å². The van der Waals surface area contributed by atoms with Gasteiger partial charge in [0.15, 0.2) is 0 Å². The van der Waals surface area contributed by atoms with Crippen LogP contribution in [-0.4, -0.2) is 30.6 Å². The maximum Gasteiger partial charge on any atom is 0.259 e. The first kappa shape index (κ1) is 20.0. The molecule has 0 bridgehead atoms. The van der Waals surface area contributed by atoms with E-state index in [9.17, 15) is 4.79 Å². The fraction of sp³-hybridized carbons (Fsp3) is 0.136. The number of pyridine rings is 1. The number of amides is 1. The van der Waals surface area contributed by atoms with Gasteiger partial charge in [0.25, 0.3) is 5.91 Å². The second kappa shape index (κ2) is 8.62. The van der Waals surface area contributed by atoms with Gasteiger partial charge in [-0.2, -0.15) is 5.10 Å². The number of nitrogens with one attached hydrogen (secondary N) is 3. The van der Waals surface area contributed by atoms with E-state index in [1.54, 1.807) is 16.9 Å². The summed E-state index contributed by atoms with van der Waals surface area (Å²) >= 11 is 0. The van der Waals surface area contributed by atoms with Crippen LogP contribution in [0.1, 0.15) is 21.7 Å². The van der Waals surface area contributed by atoms with Gasteiger partial charge in [-0.1, -0.05) is 6.07 Å². The number of carbonyl (C=O) groups excluding carboxylic acids is 1. The minimum absolute atomic E-state index is 0.176. The van der Waals surface area contributed by atoms with Crippen LogP contribution in [0.4, 0.5) is 28.8 Å². The molecule has 0 saturated carbocycles. The number of nitrogens with zero attached hydrogens (tertiary/aromatic N) is 5. The van der Waals surface area contributed by atoms with Crippen molar-refractivity contribution in [2.45, 2.75) is 13.8 Å². The highest BCUT2D eigenvalue weighted by atomic mass is 16.1. The molecule has 0 aliphatic carbocycles. The highest BCUT2D eigenvalue weighted by Gasteiger charge is 2.17. The smallest absolute Gasteiger partial charge is 0.259 e. The van der Waals surface area contributed by atoms with Gasteiger partial charge in [0.2, 0.25) is 0 Å². The number of hydrogen-bond donors (Lipinski definition) is 3. The summed E-state index contributed by atoms with van der Waals surface area (Å²) in [6.07, 6.45) is 3.18. The molecule has 1 amide bonds. The Hall–Kier alpha value is -4.27. The number of benzene rings is 1. The largest absolute Gasteiger partial charge is 0.340 e. The first-order valence-electron chi connectivity index (χ1n) is 9.68. The van der Waals surface area contributed by atoms with Crippen molar-refractivity contribution in [2.75, 3.05) is 16.0 Å². The maximum atomic E-state index is 12.6. The SMILES string of the molecule is Cc1nn(C)c(C)c1C(=O)Nc1ccc(Nc2cc(Nc3ccccn3)ncn2)cc1. The van der Waals surface area contributed by atoms with Crippen molar-refractivity contribution in [3.8, 4) is 0 Å². The van der Waals surface area contributed by atoms with Crippen molar-refractivity contribution in [1.29, 1.82) is 0 Å². The van der Waals surface area contributed by atoms with Crippen molar-refractivity contribution in [2.24, 2.45) is 7.05 Å². The van der Waals surface area contributed by atoms with Crippen molar-refractivity contribution >= 4 is 34.7 Å². The van der Waals surface area contributed by atoms with Crippen LogP contribution < -0.4 is 16.0 Å². The molecule has 156 valence electrons. The molecule has 0 unspecified atom stereocenters. The molecule has 31 heavy (non-hydrogen) atoms. The summed E-state index contributed by atoms with van der Waals surface area (Å²) in [5.74, 6) is 1.78. The van der Waals surface area contributed by atoms with E-state index < -0.39 is 0 Å². The van der Waals surface area contributed by atoms with E-state index in [1.807, 2.05) is 63.4 Å². The number of carbonyl (C=O) groups is 1. The zero-order chi connectivity index (χ0) is 21.8. The zero-order valence-electron chi connectivity index (χ0n) is 17.4. The maximum absolute atomic E-state index is 12.6. The van der Waals surface area contributed by atoms with Gasteiger partial charge in [-0.05, 0) is 50.2 Å². The Balaban J connectivity index is 1.42. The predicted octanol–water partition coefficient (Wildman–Crippen LogP) is 3.96. The van der Waals surface area contributed by atoms with Crippen LogP contribution in [-0.2, 0) is 7.05 Å². The molecule has 0 spiro atoms. The number of hydrogen-bond acceptors (Lipinski definition) is 7. The Bertz CT molecular complexity index is 1200. The average Bonchev–Trinajstić information content (AvgIpc) is 3.02. The molecular weight excluding hydrogens is 392 g/mol. The third-order valence-corrected chi connectivity index (χ3v) is 4.74. The summed E-state index contributed by atoms with van der Waals surface area (Å²) in [7, 11) is 1.82. The second-order valence-corrected chi connectivity index (χ2v) is 6.95. The zero-order valence-corrected chi connectivity index (χ0v) is 17.4. The van der Waals surface area contributed by atoms with Crippen molar-refractivity contribution in [3.63, 3.8) is 0 Å². The molecule has 3 heterocycles. The lowest BCUT2D eigenvalue weighted by atomic mass is 10.1. The van der Waals surface area contributed by atoms with E-state index >= 15 is 0 Å². The summed E-state index contributed by atoms with van der Waals surface area (Å²) in [5.41, 5.74) is 3.65. The number of rotatable bonds is 6. The third-order valence-electron chi connectivity index (χ3n) is 4.74. The highest BCUT2D eigenvalue weighted by Crippen LogP contribution is 2.21. The molecule has 0 saturated heterocycles. The summed E-state index contributed by atoms with van der Waals surface area (Å²) in [6.45, 7) is 3.70. The number of aromatic nitrogens is 5. The topological polar surface area (TPSA) is 110 Å². The van der Waals surface area contributed by atoms with Crippen molar-refractivity contribution in [1.82, 2.24) is 24.7 Å². The van der Waals surface area contributed by atoms with Crippen LogP contribution in [0.3, 0.4) is 0 Å². The van der Waals surface area contributed by atoms with Crippen LogP contribution >= 0.6 is 0 Å². The molecule has 4 rings (SSSR count). The molecular formula is C22H22N8O. The molecule has 0 aliphatic heterocycles. The van der Waals surface area contributed by atoms with Gasteiger partial charge in [0.1, 0.15) is 23.8 Å². The minimum atomic E-state index is -0.176. The predicted molar refractivity (Wildman–Crippen MR) is 120 cm³/mol. The van der Waals surface area contributed by atoms with Gasteiger partial charge in [0, 0.05) is 36.4 Å². The fourth-order valence-electron chi connectivity index (χ4n) is 3.14. The molecule has 9 nitrogen and oxygen atoms in total. The fourth-order valence-corrected chi connectivity index (χ4v) is 3.14. The summed E-state index contributed by atoms with van der Waals surface area (Å²) < 4.78 is 1.70. The summed E-state index contributed by atoms with van der Waals surface area (Å²) in [4.78, 5) is 25.3. The lowest BCUT2D eigenvalue weighted by molar-refractivity contribution is 0.102. The highest BCUT2D eigenvalue weighted by molar-refractivity contribution is 6.05. The molecule has 0 fully saturated rings. The third kappa shape index (κ3) is 4.67. The Kier molecular flexibility index (Phi) is 5.57. The standard InChI is InChI=1S/C22H22N8O/c1-14-21(15(2)30(3)29-14)22(31)27-17-9-7-16(8-10-17)26-19-12-20(25-13-24-19)28-18-6-4-5-11-23-18/h4-13H,1-3H3,(H,27,31)(H2,23,24,25,26,28). The Morgan fingerprint density at radius 2 is 1.58 bits per heavy atom. The van der Waals surface area contributed by atoms with E-state index in [1.165, 1.54) is 6.33 Å².